The summed E-state index contributed by atoms with van der Waals surface area (Å²) in [5.41, 5.74) is 2.44. The Morgan fingerprint density at radius 2 is 1.96 bits per heavy atom. The number of thioether (sulfide) groups is 1. The van der Waals surface area contributed by atoms with Crippen molar-refractivity contribution in [1.82, 2.24) is 4.98 Å². The van der Waals surface area contributed by atoms with E-state index in [-0.39, 0.29) is 17.3 Å². The number of halogens is 2. The molecule has 1 aromatic carbocycles. The van der Waals surface area contributed by atoms with Gasteiger partial charge in [-0.2, -0.15) is 0 Å². The van der Waals surface area contributed by atoms with E-state index in [1.54, 1.807) is 11.8 Å². The molecule has 1 heterocycles. The van der Waals surface area contributed by atoms with Crippen LogP contribution in [-0.2, 0) is 14.3 Å². The molecule has 0 aliphatic rings. The van der Waals surface area contributed by atoms with E-state index >= 15 is 0 Å². The Bertz CT molecular complexity index is 815. The summed E-state index contributed by atoms with van der Waals surface area (Å²) in [4.78, 5) is 28.5. The van der Waals surface area contributed by atoms with E-state index in [0.717, 1.165) is 4.90 Å². The predicted octanol–water partition coefficient (Wildman–Crippen LogP) is 4.67. The molecule has 8 heteroatoms. The summed E-state index contributed by atoms with van der Waals surface area (Å²) in [6.45, 7) is 3.71. The molecule has 1 aromatic heterocycles. The highest BCUT2D eigenvalue weighted by Crippen LogP contribution is 2.23. The molecule has 0 aliphatic heterocycles. The molecular formula is C18H18Cl2N2O3S. The molecule has 2 rings (SSSR count). The third kappa shape index (κ3) is 6.52. The van der Waals surface area contributed by atoms with Gasteiger partial charge in [-0.05, 0) is 43.2 Å². The number of aryl methyl sites for hydroxylation is 2. The van der Waals surface area contributed by atoms with Gasteiger partial charge in [0.2, 0.25) is 0 Å². The Balaban J connectivity index is 1.70. The fourth-order valence-corrected chi connectivity index (χ4v) is 3.30. The average Bonchev–Trinajstić information content (AvgIpc) is 2.59. The number of benzene rings is 1. The quantitative estimate of drug-likeness (QED) is 0.528. The predicted molar refractivity (Wildman–Crippen MR) is 105 cm³/mol. The molecule has 138 valence electrons. The maximum absolute atomic E-state index is 11.8. The zero-order valence-corrected chi connectivity index (χ0v) is 16.7. The third-order valence-corrected chi connectivity index (χ3v) is 4.97. The van der Waals surface area contributed by atoms with Crippen molar-refractivity contribution in [2.24, 2.45) is 0 Å². The first kappa shape index (κ1) is 20.6. The number of rotatable bonds is 7. The van der Waals surface area contributed by atoms with Gasteiger partial charge in [-0.3, -0.25) is 9.59 Å². The number of nitrogens with one attached hydrogen (secondary N) is 1. The fourth-order valence-electron chi connectivity index (χ4n) is 1.95. The minimum absolute atomic E-state index is 0.169. The molecule has 0 aliphatic carbocycles. The normalized spacial score (nSPS) is 10.5. The minimum atomic E-state index is -0.517. The van der Waals surface area contributed by atoms with Crippen LogP contribution in [0.5, 0.6) is 0 Å². The van der Waals surface area contributed by atoms with Crippen LogP contribution in [0.15, 0.2) is 35.4 Å². The second-order valence-corrected chi connectivity index (χ2v) is 7.55. The van der Waals surface area contributed by atoms with Crippen LogP contribution in [0.3, 0.4) is 0 Å². The summed E-state index contributed by atoms with van der Waals surface area (Å²) in [5, 5.41) is 3.04. The molecule has 1 amide bonds. The lowest BCUT2D eigenvalue weighted by atomic mass is 10.1. The SMILES string of the molecule is Cc1ccc(SCCC(=O)OCC(=O)Nc2ncc(Cl)cc2Cl)cc1C. The summed E-state index contributed by atoms with van der Waals surface area (Å²) in [7, 11) is 0. The summed E-state index contributed by atoms with van der Waals surface area (Å²) in [6.07, 6.45) is 1.57. The van der Waals surface area contributed by atoms with E-state index in [2.05, 4.69) is 29.4 Å². The van der Waals surface area contributed by atoms with E-state index < -0.39 is 18.5 Å². The Morgan fingerprint density at radius 1 is 1.19 bits per heavy atom. The Morgan fingerprint density at radius 3 is 2.65 bits per heavy atom. The Hall–Kier alpha value is -1.76. The Kier molecular flexibility index (Phi) is 7.75. The number of amides is 1. The van der Waals surface area contributed by atoms with Crippen LogP contribution in [0.1, 0.15) is 17.5 Å². The van der Waals surface area contributed by atoms with Gasteiger partial charge in [-0.25, -0.2) is 4.98 Å². The number of carbonyl (C=O) groups excluding carboxylic acids is 2. The maximum atomic E-state index is 11.8. The first-order chi connectivity index (χ1) is 12.3. The largest absolute Gasteiger partial charge is 0.456 e. The van der Waals surface area contributed by atoms with Gasteiger partial charge >= 0.3 is 5.97 Å². The lowest BCUT2D eigenvalue weighted by Gasteiger charge is -2.08. The van der Waals surface area contributed by atoms with Gasteiger partial charge in [-0.1, -0.05) is 29.3 Å². The molecule has 0 saturated carbocycles. The number of hydrogen-bond acceptors (Lipinski definition) is 5. The van der Waals surface area contributed by atoms with E-state index in [1.165, 1.54) is 23.4 Å². The lowest BCUT2D eigenvalue weighted by molar-refractivity contribution is -0.146. The summed E-state index contributed by atoms with van der Waals surface area (Å²) in [6, 6.07) is 7.62. The van der Waals surface area contributed by atoms with Crippen LogP contribution in [0.2, 0.25) is 10.0 Å². The maximum Gasteiger partial charge on any atom is 0.307 e. The third-order valence-electron chi connectivity index (χ3n) is 3.48. The Labute approximate surface area is 166 Å². The zero-order valence-electron chi connectivity index (χ0n) is 14.3. The molecule has 0 atom stereocenters. The van der Waals surface area contributed by atoms with Gasteiger partial charge in [0.15, 0.2) is 12.4 Å². The number of carbonyl (C=O) groups is 2. The number of anilines is 1. The van der Waals surface area contributed by atoms with Gasteiger partial charge in [0.1, 0.15) is 0 Å². The second-order valence-electron chi connectivity index (χ2n) is 5.54. The first-order valence-corrected chi connectivity index (χ1v) is 9.56. The highest BCUT2D eigenvalue weighted by molar-refractivity contribution is 7.99. The average molecular weight is 413 g/mol. The molecule has 0 saturated heterocycles. The van der Waals surface area contributed by atoms with Crippen LogP contribution in [0.4, 0.5) is 5.82 Å². The van der Waals surface area contributed by atoms with Crippen molar-refractivity contribution in [1.29, 1.82) is 0 Å². The molecular weight excluding hydrogens is 395 g/mol. The number of nitrogens with zero attached hydrogens (tertiary/aromatic N) is 1. The monoisotopic (exact) mass is 412 g/mol. The van der Waals surface area contributed by atoms with E-state index in [1.807, 2.05) is 13.0 Å². The second kappa shape index (κ2) is 9.80. The molecule has 26 heavy (non-hydrogen) atoms. The van der Waals surface area contributed by atoms with Crippen molar-refractivity contribution < 1.29 is 14.3 Å². The van der Waals surface area contributed by atoms with Crippen molar-refractivity contribution in [3.63, 3.8) is 0 Å². The van der Waals surface area contributed by atoms with Gasteiger partial charge in [0, 0.05) is 16.8 Å². The van der Waals surface area contributed by atoms with Crippen LogP contribution in [-0.4, -0.2) is 29.2 Å². The fraction of sp³-hybridized carbons (Fsp3) is 0.278. The number of esters is 1. The van der Waals surface area contributed by atoms with Crippen molar-refractivity contribution in [2.45, 2.75) is 25.2 Å². The van der Waals surface area contributed by atoms with Gasteiger partial charge in [0.25, 0.3) is 5.91 Å². The van der Waals surface area contributed by atoms with Crippen LogP contribution < -0.4 is 5.32 Å². The highest BCUT2D eigenvalue weighted by atomic mass is 35.5. The molecule has 0 spiro atoms. The molecule has 0 fully saturated rings. The van der Waals surface area contributed by atoms with E-state index in [4.69, 9.17) is 27.9 Å². The minimum Gasteiger partial charge on any atom is -0.456 e. The van der Waals surface area contributed by atoms with Crippen molar-refractivity contribution in [2.75, 3.05) is 17.7 Å². The smallest absolute Gasteiger partial charge is 0.307 e. The molecule has 0 unspecified atom stereocenters. The molecule has 0 bridgehead atoms. The number of hydrogen-bond donors (Lipinski definition) is 1. The number of ether oxygens (including phenoxy) is 1. The van der Waals surface area contributed by atoms with E-state index in [9.17, 15) is 9.59 Å². The summed E-state index contributed by atoms with van der Waals surface area (Å²) in [5.74, 6) is -0.209. The van der Waals surface area contributed by atoms with E-state index in [0.29, 0.717) is 10.8 Å². The lowest BCUT2D eigenvalue weighted by Crippen LogP contribution is -2.21. The first-order valence-electron chi connectivity index (χ1n) is 7.81. The van der Waals surface area contributed by atoms with Crippen molar-refractivity contribution >= 4 is 52.7 Å². The topological polar surface area (TPSA) is 68.3 Å². The highest BCUT2D eigenvalue weighted by Gasteiger charge is 2.11. The number of aromatic nitrogens is 1. The van der Waals surface area contributed by atoms with Crippen LogP contribution >= 0.6 is 35.0 Å². The number of pyridine rings is 1. The molecule has 0 radical (unpaired) electrons. The molecule has 1 N–H and O–H groups in total. The zero-order chi connectivity index (χ0) is 19.1. The molecule has 2 aromatic rings. The van der Waals surface area contributed by atoms with Crippen LogP contribution in [0.25, 0.3) is 0 Å². The van der Waals surface area contributed by atoms with Crippen molar-refractivity contribution in [3.8, 4) is 0 Å². The molecule has 5 nitrogen and oxygen atoms in total. The van der Waals surface area contributed by atoms with Crippen LogP contribution in [0, 0.1) is 13.8 Å². The van der Waals surface area contributed by atoms with Gasteiger partial charge < -0.3 is 10.1 Å². The van der Waals surface area contributed by atoms with Crippen molar-refractivity contribution in [3.05, 3.63) is 51.6 Å². The summed E-state index contributed by atoms with van der Waals surface area (Å²) >= 11 is 13.2. The van der Waals surface area contributed by atoms with Gasteiger partial charge in [-0.15, -0.1) is 11.8 Å². The van der Waals surface area contributed by atoms with Gasteiger partial charge in [0.05, 0.1) is 16.5 Å². The summed E-state index contributed by atoms with van der Waals surface area (Å²) < 4.78 is 4.96. The standard InChI is InChI=1S/C18H18Cl2N2O3S/c1-11-3-4-14(7-12(11)2)26-6-5-17(24)25-10-16(23)22-18-15(20)8-13(19)9-21-18/h3-4,7-9H,5-6,10H2,1-2H3,(H,21,22,23).